The summed E-state index contributed by atoms with van der Waals surface area (Å²) in [5.74, 6) is 1.19. The van der Waals surface area contributed by atoms with Crippen LogP contribution < -0.4 is 10.7 Å². The summed E-state index contributed by atoms with van der Waals surface area (Å²) < 4.78 is 0. The molecule has 3 rings (SSSR count). The highest BCUT2D eigenvalue weighted by Crippen LogP contribution is 2.13. The number of nitrogen functional groups attached to an aromatic ring is 1. The maximum Gasteiger partial charge on any atom is 0.305 e. The van der Waals surface area contributed by atoms with Gasteiger partial charge >= 0.3 is 5.65 Å². The minimum absolute atomic E-state index is 0.474. The van der Waals surface area contributed by atoms with Crippen LogP contribution in [0.4, 0.5) is 5.82 Å². The van der Waals surface area contributed by atoms with E-state index >= 15 is 0 Å². The Bertz CT molecular complexity index is 644. The fourth-order valence-corrected chi connectivity index (χ4v) is 1.81. The highest BCUT2D eigenvalue weighted by atomic mass is 15.0. The van der Waals surface area contributed by atoms with E-state index < -0.39 is 0 Å². The van der Waals surface area contributed by atoms with Crippen molar-refractivity contribution >= 4 is 17.0 Å². The first-order valence-corrected chi connectivity index (χ1v) is 5.38. The molecule has 2 heterocycles. The number of anilines is 1. The summed E-state index contributed by atoms with van der Waals surface area (Å²) in [5.41, 5.74) is 8.51. The van der Waals surface area contributed by atoms with Crippen LogP contribution in [0.1, 0.15) is 11.4 Å². The number of nitrogens with one attached hydrogen (secondary N) is 2. The first-order valence-electron chi connectivity index (χ1n) is 5.38. The summed E-state index contributed by atoms with van der Waals surface area (Å²) in [7, 11) is 0. The van der Waals surface area contributed by atoms with E-state index in [0.717, 1.165) is 17.0 Å². The number of imidazole rings is 1. The van der Waals surface area contributed by atoms with Gasteiger partial charge in [-0.15, -0.1) is 0 Å². The monoisotopic (exact) mass is 226 g/mol. The van der Waals surface area contributed by atoms with Crippen molar-refractivity contribution in [3.63, 3.8) is 0 Å². The predicted molar refractivity (Wildman–Crippen MR) is 64.1 cm³/mol. The van der Waals surface area contributed by atoms with Crippen molar-refractivity contribution in [2.24, 2.45) is 0 Å². The second-order valence-corrected chi connectivity index (χ2v) is 3.84. The van der Waals surface area contributed by atoms with Crippen molar-refractivity contribution in [1.29, 1.82) is 0 Å². The highest BCUT2D eigenvalue weighted by molar-refractivity contribution is 5.78. The van der Waals surface area contributed by atoms with Crippen LogP contribution in [-0.2, 0) is 6.42 Å². The lowest BCUT2D eigenvalue weighted by Crippen LogP contribution is -2.05. The number of aromatic nitrogens is 4. The topological polar surface area (TPSA) is 81.7 Å². The second-order valence-electron chi connectivity index (χ2n) is 3.84. The number of fused-ring (bicyclic) bond motifs is 1. The van der Waals surface area contributed by atoms with E-state index in [1.165, 1.54) is 5.56 Å². The SMILES string of the molecule is Nc1nc(Cc2ccccc2)nc2[nH+]c[nH]c12. The molecule has 3 aromatic rings. The van der Waals surface area contributed by atoms with E-state index in [4.69, 9.17) is 5.73 Å². The van der Waals surface area contributed by atoms with Crippen molar-refractivity contribution in [2.45, 2.75) is 6.42 Å². The summed E-state index contributed by atoms with van der Waals surface area (Å²) in [6, 6.07) is 10.1. The number of nitrogens with zero attached hydrogens (tertiary/aromatic N) is 2. The van der Waals surface area contributed by atoms with Crippen LogP contribution in [-0.4, -0.2) is 15.0 Å². The van der Waals surface area contributed by atoms with Gasteiger partial charge in [0.05, 0.1) is 0 Å². The molecule has 0 radical (unpaired) electrons. The lowest BCUT2D eigenvalue weighted by Gasteiger charge is -1.98. The van der Waals surface area contributed by atoms with Crippen molar-refractivity contribution < 1.29 is 4.98 Å². The van der Waals surface area contributed by atoms with E-state index in [9.17, 15) is 0 Å². The van der Waals surface area contributed by atoms with Gasteiger partial charge in [0.15, 0.2) is 12.1 Å². The molecule has 4 N–H and O–H groups in total. The van der Waals surface area contributed by atoms with Crippen LogP contribution >= 0.6 is 0 Å². The van der Waals surface area contributed by atoms with Crippen LogP contribution in [0.3, 0.4) is 0 Å². The number of hydrogen-bond donors (Lipinski definition) is 2. The Morgan fingerprint density at radius 3 is 2.82 bits per heavy atom. The summed E-state index contributed by atoms with van der Waals surface area (Å²) in [5, 5.41) is 0. The molecule has 0 amide bonds. The zero-order valence-corrected chi connectivity index (χ0v) is 9.14. The number of benzene rings is 1. The molecule has 17 heavy (non-hydrogen) atoms. The minimum Gasteiger partial charge on any atom is -0.380 e. The highest BCUT2D eigenvalue weighted by Gasteiger charge is 2.13. The van der Waals surface area contributed by atoms with Gasteiger partial charge in [-0.2, -0.15) is 4.98 Å². The zero-order chi connectivity index (χ0) is 11.7. The Kier molecular flexibility index (Phi) is 2.22. The first kappa shape index (κ1) is 9.77. The number of aromatic amines is 2. The van der Waals surface area contributed by atoms with Gasteiger partial charge in [0.25, 0.3) is 0 Å². The maximum absolute atomic E-state index is 5.85. The molecule has 0 atom stereocenters. The molecular weight excluding hydrogens is 214 g/mol. The molecule has 1 aromatic carbocycles. The zero-order valence-electron chi connectivity index (χ0n) is 9.14. The van der Waals surface area contributed by atoms with E-state index in [1.54, 1.807) is 6.33 Å². The molecule has 2 aromatic heterocycles. The van der Waals surface area contributed by atoms with E-state index in [-0.39, 0.29) is 0 Å². The first-order chi connectivity index (χ1) is 8.33. The molecule has 0 unspecified atom stereocenters. The van der Waals surface area contributed by atoms with Crippen LogP contribution in [0.25, 0.3) is 11.2 Å². The van der Waals surface area contributed by atoms with Crippen molar-refractivity contribution in [3.05, 3.63) is 48.0 Å². The number of nitrogens with two attached hydrogens (primary N) is 1. The Labute approximate surface area is 97.7 Å². The largest absolute Gasteiger partial charge is 0.380 e. The molecule has 0 saturated heterocycles. The average molecular weight is 226 g/mol. The normalized spacial score (nSPS) is 10.8. The van der Waals surface area contributed by atoms with E-state index in [2.05, 4.69) is 19.9 Å². The van der Waals surface area contributed by atoms with Gasteiger partial charge in [0, 0.05) is 6.42 Å². The van der Waals surface area contributed by atoms with Crippen LogP contribution in [0, 0.1) is 0 Å². The van der Waals surface area contributed by atoms with Gasteiger partial charge < -0.3 is 5.73 Å². The van der Waals surface area contributed by atoms with Crippen molar-refractivity contribution in [3.8, 4) is 0 Å². The van der Waals surface area contributed by atoms with Gasteiger partial charge in [-0.25, -0.2) is 4.98 Å². The molecule has 0 aliphatic carbocycles. The Balaban J connectivity index is 2.01. The summed E-state index contributed by atoms with van der Waals surface area (Å²) in [4.78, 5) is 14.7. The lowest BCUT2D eigenvalue weighted by molar-refractivity contribution is -0.347. The number of H-pyrrole nitrogens is 2. The van der Waals surface area contributed by atoms with Gasteiger partial charge in [-0.05, 0) is 5.56 Å². The molecule has 0 aliphatic rings. The third kappa shape index (κ3) is 1.82. The van der Waals surface area contributed by atoms with E-state index in [1.807, 2.05) is 30.3 Å². The lowest BCUT2D eigenvalue weighted by atomic mass is 10.1. The second kappa shape index (κ2) is 3.86. The van der Waals surface area contributed by atoms with Crippen LogP contribution in [0.5, 0.6) is 0 Å². The summed E-state index contributed by atoms with van der Waals surface area (Å²) >= 11 is 0. The molecule has 84 valence electrons. The standard InChI is InChI=1S/C12H11N5/c13-11-10-12(15-7-14-10)17-9(16-11)6-8-4-2-1-3-5-8/h1-5,7H,6H2,(H3,13,14,15,16,17)/p+1. The van der Waals surface area contributed by atoms with Crippen LogP contribution in [0.15, 0.2) is 36.7 Å². The molecular formula is C12H12N5+. The third-order valence-corrected chi connectivity index (χ3v) is 2.61. The Hall–Kier alpha value is -2.43. The van der Waals surface area contributed by atoms with Gasteiger partial charge in [-0.3, -0.25) is 4.98 Å². The smallest absolute Gasteiger partial charge is 0.305 e. The molecule has 5 heteroatoms. The van der Waals surface area contributed by atoms with Crippen molar-refractivity contribution in [1.82, 2.24) is 15.0 Å². The Morgan fingerprint density at radius 2 is 2.00 bits per heavy atom. The quantitative estimate of drug-likeness (QED) is 0.682. The summed E-state index contributed by atoms with van der Waals surface area (Å²) in [6.07, 6.45) is 2.38. The molecule has 0 aliphatic heterocycles. The molecule has 0 bridgehead atoms. The van der Waals surface area contributed by atoms with Crippen LogP contribution in [0.2, 0.25) is 0 Å². The minimum atomic E-state index is 0.474. The van der Waals surface area contributed by atoms with Gasteiger partial charge in [-0.1, -0.05) is 35.3 Å². The van der Waals surface area contributed by atoms with Gasteiger partial charge in [0.2, 0.25) is 11.3 Å². The molecule has 5 nitrogen and oxygen atoms in total. The average Bonchev–Trinajstić information content (AvgIpc) is 2.79. The fraction of sp³-hybridized carbons (Fsp3) is 0.0833. The molecule has 0 spiro atoms. The predicted octanol–water partition coefficient (Wildman–Crippen LogP) is 0.945. The van der Waals surface area contributed by atoms with E-state index in [0.29, 0.717) is 12.2 Å². The van der Waals surface area contributed by atoms with Gasteiger partial charge in [0.1, 0.15) is 0 Å². The molecule has 0 fully saturated rings. The third-order valence-electron chi connectivity index (χ3n) is 2.61. The maximum atomic E-state index is 5.85. The fourth-order valence-electron chi connectivity index (χ4n) is 1.81. The number of hydrogen-bond acceptors (Lipinski definition) is 3. The molecule has 0 saturated carbocycles. The van der Waals surface area contributed by atoms with Crippen molar-refractivity contribution in [2.75, 3.05) is 5.73 Å². The number of rotatable bonds is 2. The summed E-state index contributed by atoms with van der Waals surface area (Å²) in [6.45, 7) is 0. The Morgan fingerprint density at radius 1 is 1.18 bits per heavy atom.